The Bertz CT molecular complexity index is 216. The normalized spacial score (nSPS) is 12.4. The summed E-state index contributed by atoms with van der Waals surface area (Å²) in [4.78, 5) is 10.9. The van der Waals surface area contributed by atoms with Crippen LogP contribution in [-0.2, 0) is 9.53 Å². The Morgan fingerprint density at radius 2 is 2.25 bits per heavy atom. The predicted octanol–water partition coefficient (Wildman–Crippen LogP) is 1.81. The Hall–Kier alpha value is -0.870. The summed E-state index contributed by atoms with van der Waals surface area (Å²) in [7, 11) is 0. The highest BCUT2D eigenvalue weighted by molar-refractivity contribution is 5.73. The number of hydrogen-bond donors (Lipinski definition) is 2. The van der Waals surface area contributed by atoms with Crippen molar-refractivity contribution in [2.45, 2.75) is 39.2 Å². The number of carboxylic acids is 1. The van der Waals surface area contributed by atoms with Gasteiger partial charge in [0, 0.05) is 6.54 Å². The Morgan fingerprint density at radius 3 is 2.75 bits per heavy atom. The molecule has 0 aliphatic rings. The van der Waals surface area contributed by atoms with Crippen LogP contribution in [0.1, 0.15) is 33.1 Å². The van der Waals surface area contributed by atoms with Crippen molar-refractivity contribution in [1.82, 2.24) is 5.32 Å². The van der Waals surface area contributed by atoms with Gasteiger partial charge in [-0.25, -0.2) is 0 Å². The van der Waals surface area contributed by atoms with Gasteiger partial charge in [-0.15, -0.1) is 0 Å². The SMILES string of the molecule is C=C(C)COCCNC(CCCC)C(=O)O. The van der Waals surface area contributed by atoms with Gasteiger partial charge in [0.25, 0.3) is 0 Å². The Kier molecular flexibility index (Phi) is 8.85. The van der Waals surface area contributed by atoms with E-state index in [0.29, 0.717) is 26.2 Å². The summed E-state index contributed by atoms with van der Waals surface area (Å²) in [6.45, 7) is 9.28. The zero-order valence-corrected chi connectivity index (χ0v) is 10.3. The molecule has 94 valence electrons. The van der Waals surface area contributed by atoms with Crippen LogP contribution in [0.15, 0.2) is 12.2 Å². The number of hydrogen-bond acceptors (Lipinski definition) is 3. The summed E-state index contributed by atoms with van der Waals surface area (Å²) in [6, 6.07) is -0.451. The molecule has 4 heteroatoms. The Labute approximate surface area is 97.7 Å². The Balaban J connectivity index is 3.60. The first-order valence-corrected chi connectivity index (χ1v) is 5.76. The van der Waals surface area contributed by atoms with Crippen LogP contribution in [0.25, 0.3) is 0 Å². The molecule has 0 aliphatic carbocycles. The Morgan fingerprint density at radius 1 is 1.56 bits per heavy atom. The van der Waals surface area contributed by atoms with Gasteiger partial charge in [-0.1, -0.05) is 31.9 Å². The molecule has 0 radical (unpaired) electrons. The van der Waals surface area contributed by atoms with Gasteiger partial charge in [0.1, 0.15) is 6.04 Å². The van der Waals surface area contributed by atoms with Gasteiger partial charge in [0.2, 0.25) is 0 Å². The van der Waals surface area contributed by atoms with Crippen molar-refractivity contribution in [3.8, 4) is 0 Å². The molecule has 0 amide bonds. The van der Waals surface area contributed by atoms with Crippen molar-refractivity contribution in [1.29, 1.82) is 0 Å². The van der Waals surface area contributed by atoms with Crippen LogP contribution in [0.4, 0.5) is 0 Å². The molecule has 4 nitrogen and oxygen atoms in total. The van der Waals surface area contributed by atoms with E-state index in [4.69, 9.17) is 9.84 Å². The van der Waals surface area contributed by atoms with Gasteiger partial charge in [-0.2, -0.15) is 0 Å². The third kappa shape index (κ3) is 8.44. The molecule has 1 atom stereocenters. The number of ether oxygens (including phenoxy) is 1. The average Bonchev–Trinajstić information content (AvgIpc) is 2.21. The fourth-order valence-electron chi connectivity index (χ4n) is 1.27. The highest BCUT2D eigenvalue weighted by Gasteiger charge is 2.14. The number of carbonyl (C=O) groups is 1. The van der Waals surface area contributed by atoms with Crippen molar-refractivity contribution >= 4 is 5.97 Å². The van der Waals surface area contributed by atoms with Gasteiger partial charge < -0.3 is 15.2 Å². The third-order valence-electron chi connectivity index (χ3n) is 2.13. The van der Waals surface area contributed by atoms with Gasteiger partial charge in [0.05, 0.1) is 13.2 Å². The molecule has 0 aromatic heterocycles. The second-order valence-corrected chi connectivity index (χ2v) is 4.00. The molecule has 0 rings (SSSR count). The maximum atomic E-state index is 10.9. The first kappa shape index (κ1) is 15.1. The first-order valence-electron chi connectivity index (χ1n) is 5.76. The maximum absolute atomic E-state index is 10.9. The van der Waals surface area contributed by atoms with Gasteiger partial charge >= 0.3 is 5.97 Å². The van der Waals surface area contributed by atoms with E-state index in [9.17, 15) is 4.79 Å². The summed E-state index contributed by atoms with van der Waals surface area (Å²) in [5, 5.41) is 11.9. The monoisotopic (exact) mass is 229 g/mol. The summed E-state index contributed by atoms with van der Waals surface area (Å²) in [5.41, 5.74) is 0.973. The largest absolute Gasteiger partial charge is 0.480 e. The minimum absolute atomic E-state index is 0.451. The van der Waals surface area contributed by atoms with E-state index in [0.717, 1.165) is 18.4 Å². The number of aliphatic carboxylic acids is 1. The molecule has 0 spiro atoms. The number of carboxylic acid groups (broad SMARTS) is 1. The van der Waals surface area contributed by atoms with Crippen molar-refractivity contribution < 1.29 is 14.6 Å². The fourth-order valence-corrected chi connectivity index (χ4v) is 1.27. The van der Waals surface area contributed by atoms with Crippen molar-refractivity contribution in [2.75, 3.05) is 19.8 Å². The fraction of sp³-hybridized carbons (Fsp3) is 0.750. The number of rotatable bonds is 10. The summed E-state index contributed by atoms with van der Waals surface area (Å²) in [6.07, 6.45) is 2.61. The molecule has 16 heavy (non-hydrogen) atoms. The lowest BCUT2D eigenvalue weighted by Gasteiger charge is -2.13. The zero-order chi connectivity index (χ0) is 12.4. The van der Waals surface area contributed by atoms with E-state index in [-0.39, 0.29) is 0 Å². The molecule has 0 fully saturated rings. The average molecular weight is 229 g/mol. The molecule has 0 aromatic carbocycles. The van der Waals surface area contributed by atoms with Crippen LogP contribution < -0.4 is 5.32 Å². The molecule has 1 unspecified atom stereocenters. The molecule has 0 heterocycles. The van der Waals surface area contributed by atoms with Crippen LogP contribution in [0.2, 0.25) is 0 Å². The standard InChI is InChI=1S/C12H23NO3/c1-4-5-6-11(12(14)15)13-7-8-16-9-10(2)3/h11,13H,2,4-9H2,1,3H3,(H,14,15). The van der Waals surface area contributed by atoms with Crippen LogP contribution in [0.5, 0.6) is 0 Å². The lowest BCUT2D eigenvalue weighted by Crippen LogP contribution is -2.38. The second kappa shape index (κ2) is 9.36. The summed E-state index contributed by atoms with van der Waals surface area (Å²) >= 11 is 0. The topological polar surface area (TPSA) is 58.6 Å². The van der Waals surface area contributed by atoms with Crippen LogP contribution >= 0.6 is 0 Å². The first-order chi connectivity index (χ1) is 7.57. The number of unbranched alkanes of at least 4 members (excludes halogenated alkanes) is 1. The molecular formula is C12H23NO3. The van der Waals surface area contributed by atoms with Crippen LogP contribution in [0, 0.1) is 0 Å². The minimum Gasteiger partial charge on any atom is -0.480 e. The molecule has 0 saturated carbocycles. The summed E-state index contributed by atoms with van der Waals surface area (Å²) < 4.78 is 5.27. The smallest absolute Gasteiger partial charge is 0.320 e. The lowest BCUT2D eigenvalue weighted by molar-refractivity contribution is -0.139. The van der Waals surface area contributed by atoms with Gasteiger partial charge in [-0.05, 0) is 13.3 Å². The van der Waals surface area contributed by atoms with E-state index < -0.39 is 12.0 Å². The van der Waals surface area contributed by atoms with Crippen LogP contribution in [0.3, 0.4) is 0 Å². The molecule has 0 bridgehead atoms. The maximum Gasteiger partial charge on any atom is 0.320 e. The van der Waals surface area contributed by atoms with Gasteiger partial charge in [-0.3, -0.25) is 4.79 Å². The van der Waals surface area contributed by atoms with Crippen molar-refractivity contribution in [3.63, 3.8) is 0 Å². The van der Waals surface area contributed by atoms with E-state index in [1.807, 2.05) is 6.92 Å². The molecule has 0 aliphatic heterocycles. The molecule has 0 aromatic rings. The highest BCUT2D eigenvalue weighted by atomic mass is 16.5. The van der Waals surface area contributed by atoms with Crippen molar-refractivity contribution in [2.24, 2.45) is 0 Å². The van der Waals surface area contributed by atoms with E-state index in [1.54, 1.807) is 0 Å². The van der Waals surface area contributed by atoms with E-state index in [2.05, 4.69) is 18.8 Å². The minimum atomic E-state index is -0.784. The lowest BCUT2D eigenvalue weighted by atomic mass is 10.1. The third-order valence-corrected chi connectivity index (χ3v) is 2.13. The van der Waals surface area contributed by atoms with Crippen LogP contribution in [-0.4, -0.2) is 36.9 Å². The molecule has 2 N–H and O–H groups in total. The van der Waals surface area contributed by atoms with Crippen molar-refractivity contribution in [3.05, 3.63) is 12.2 Å². The predicted molar refractivity (Wildman–Crippen MR) is 64.6 cm³/mol. The highest BCUT2D eigenvalue weighted by Crippen LogP contribution is 2.00. The van der Waals surface area contributed by atoms with Gasteiger partial charge in [0.15, 0.2) is 0 Å². The summed E-state index contributed by atoms with van der Waals surface area (Å²) in [5.74, 6) is -0.784. The van der Waals surface area contributed by atoms with E-state index in [1.165, 1.54) is 0 Å². The second-order valence-electron chi connectivity index (χ2n) is 4.00. The molecular weight excluding hydrogens is 206 g/mol. The zero-order valence-electron chi connectivity index (χ0n) is 10.3. The number of nitrogens with one attached hydrogen (secondary N) is 1. The van der Waals surface area contributed by atoms with E-state index >= 15 is 0 Å². The molecule has 0 saturated heterocycles. The quantitative estimate of drug-likeness (QED) is 0.443.